The van der Waals surface area contributed by atoms with Crippen molar-refractivity contribution in [2.24, 2.45) is 11.8 Å². The molecule has 20 heavy (non-hydrogen) atoms. The van der Waals surface area contributed by atoms with Crippen LogP contribution in [0, 0.1) is 11.8 Å². The molecule has 0 aliphatic heterocycles. The van der Waals surface area contributed by atoms with E-state index >= 15 is 0 Å². The molecule has 1 N–H and O–H groups in total. The summed E-state index contributed by atoms with van der Waals surface area (Å²) in [5.74, 6) is 3.06. The first kappa shape index (κ1) is 14.2. The monoisotopic (exact) mass is 276 g/mol. The first-order chi connectivity index (χ1) is 9.69. The lowest BCUT2D eigenvalue weighted by Gasteiger charge is -2.20. The number of rotatable bonds is 9. The molecule has 3 nitrogen and oxygen atoms in total. The van der Waals surface area contributed by atoms with Crippen molar-refractivity contribution in [3.63, 3.8) is 0 Å². The number of furan rings is 1. The summed E-state index contributed by atoms with van der Waals surface area (Å²) in [4.78, 5) is 2.62. The number of hydrogen-bond donors (Lipinski definition) is 1. The molecule has 3 rings (SSSR count). The van der Waals surface area contributed by atoms with Crippen molar-refractivity contribution in [2.45, 2.75) is 58.7 Å². The van der Waals surface area contributed by atoms with Crippen molar-refractivity contribution in [1.82, 2.24) is 10.2 Å². The van der Waals surface area contributed by atoms with E-state index in [1.54, 1.807) is 0 Å². The highest BCUT2D eigenvalue weighted by atomic mass is 16.3. The first-order valence-corrected chi connectivity index (χ1v) is 8.21. The molecule has 0 aromatic carbocycles. The second-order valence-corrected chi connectivity index (χ2v) is 7.04. The third-order valence-corrected chi connectivity index (χ3v) is 4.23. The van der Waals surface area contributed by atoms with E-state index in [0.717, 1.165) is 30.7 Å². The van der Waals surface area contributed by atoms with Gasteiger partial charge in [0.2, 0.25) is 0 Å². The Morgan fingerprint density at radius 2 is 1.85 bits per heavy atom. The zero-order chi connectivity index (χ0) is 13.9. The minimum absolute atomic E-state index is 0.523. The topological polar surface area (TPSA) is 28.4 Å². The maximum atomic E-state index is 5.75. The minimum Gasteiger partial charge on any atom is -0.468 e. The summed E-state index contributed by atoms with van der Waals surface area (Å²) in [5.41, 5.74) is 1.27. The van der Waals surface area contributed by atoms with Crippen molar-refractivity contribution >= 4 is 0 Å². The number of nitrogens with one attached hydrogen (secondary N) is 1. The molecule has 2 saturated carbocycles. The molecule has 2 aliphatic carbocycles. The van der Waals surface area contributed by atoms with E-state index in [-0.39, 0.29) is 0 Å². The summed E-state index contributed by atoms with van der Waals surface area (Å²) < 4.78 is 5.75. The van der Waals surface area contributed by atoms with Crippen LogP contribution in [0.5, 0.6) is 0 Å². The lowest BCUT2D eigenvalue weighted by Crippen LogP contribution is -2.27. The highest BCUT2D eigenvalue weighted by molar-refractivity contribution is 5.12. The summed E-state index contributed by atoms with van der Waals surface area (Å²) in [7, 11) is 0. The zero-order valence-electron chi connectivity index (χ0n) is 12.9. The smallest absolute Gasteiger partial charge is 0.118 e. The van der Waals surface area contributed by atoms with Gasteiger partial charge >= 0.3 is 0 Å². The number of nitrogens with zero attached hydrogens (tertiary/aromatic N) is 1. The van der Waals surface area contributed by atoms with E-state index in [0.29, 0.717) is 6.04 Å². The Morgan fingerprint density at radius 1 is 1.20 bits per heavy atom. The summed E-state index contributed by atoms with van der Waals surface area (Å²) in [6.45, 7) is 8.80. The predicted molar refractivity (Wildman–Crippen MR) is 81.4 cm³/mol. The van der Waals surface area contributed by atoms with Gasteiger partial charge in [0.05, 0.1) is 12.8 Å². The van der Waals surface area contributed by atoms with Gasteiger partial charge in [-0.1, -0.05) is 13.8 Å². The van der Waals surface area contributed by atoms with E-state index in [1.807, 2.05) is 6.26 Å². The van der Waals surface area contributed by atoms with E-state index in [2.05, 4.69) is 30.1 Å². The SMILES string of the molecule is CC(C)NCc1coc(CN(CC2CC2)CC2CC2)c1. The molecule has 1 heterocycles. The molecular weight excluding hydrogens is 248 g/mol. The van der Waals surface area contributed by atoms with Crippen LogP contribution in [0.25, 0.3) is 0 Å². The van der Waals surface area contributed by atoms with Crippen molar-refractivity contribution in [3.05, 3.63) is 23.7 Å². The van der Waals surface area contributed by atoms with Crippen LogP contribution >= 0.6 is 0 Å². The molecule has 112 valence electrons. The van der Waals surface area contributed by atoms with Gasteiger partial charge in [-0.25, -0.2) is 0 Å². The summed E-state index contributed by atoms with van der Waals surface area (Å²) in [5, 5.41) is 3.44. The summed E-state index contributed by atoms with van der Waals surface area (Å²) in [6, 6.07) is 2.75. The van der Waals surface area contributed by atoms with Gasteiger partial charge < -0.3 is 9.73 Å². The normalized spacial score (nSPS) is 19.2. The van der Waals surface area contributed by atoms with Crippen molar-refractivity contribution in [3.8, 4) is 0 Å². The molecule has 0 saturated heterocycles. The maximum absolute atomic E-state index is 5.75. The largest absolute Gasteiger partial charge is 0.468 e. The average Bonchev–Trinajstić information content (AvgIpc) is 3.31. The van der Waals surface area contributed by atoms with E-state index < -0.39 is 0 Å². The Bertz CT molecular complexity index is 404. The van der Waals surface area contributed by atoms with Gasteiger partial charge in [-0.2, -0.15) is 0 Å². The Labute approximate surface area is 122 Å². The molecule has 2 aliphatic rings. The molecule has 0 bridgehead atoms. The fourth-order valence-electron chi connectivity index (χ4n) is 2.68. The molecule has 0 spiro atoms. The summed E-state index contributed by atoms with van der Waals surface area (Å²) >= 11 is 0. The Morgan fingerprint density at radius 3 is 2.40 bits per heavy atom. The first-order valence-electron chi connectivity index (χ1n) is 8.21. The Hall–Kier alpha value is -0.800. The molecule has 0 amide bonds. The predicted octanol–water partition coefficient (Wildman–Crippen LogP) is 3.40. The minimum atomic E-state index is 0.523. The molecule has 2 fully saturated rings. The van der Waals surface area contributed by atoms with Crippen molar-refractivity contribution < 1.29 is 4.42 Å². The quantitative estimate of drug-likeness (QED) is 0.749. The molecule has 0 unspecified atom stereocenters. The van der Waals surface area contributed by atoms with Crippen LogP contribution in [0.15, 0.2) is 16.7 Å². The summed E-state index contributed by atoms with van der Waals surface area (Å²) in [6.07, 6.45) is 7.65. The van der Waals surface area contributed by atoms with E-state index in [9.17, 15) is 0 Å². The van der Waals surface area contributed by atoms with Gasteiger partial charge in [0.25, 0.3) is 0 Å². The van der Waals surface area contributed by atoms with Gasteiger partial charge in [0.15, 0.2) is 0 Å². The lowest BCUT2D eigenvalue weighted by atomic mass is 10.2. The average molecular weight is 276 g/mol. The van der Waals surface area contributed by atoms with Crippen molar-refractivity contribution in [2.75, 3.05) is 13.1 Å². The van der Waals surface area contributed by atoms with Gasteiger partial charge in [-0.05, 0) is 43.6 Å². The molecule has 0 radical (unpaired) electrons. The third-order valence-electron chi connectivity index (χ3n) is 4.23. The van der Waals surface area contributed by atoms with Crippen LogP contribution in [0.1, 0.15) is 50.9 Å². The van der Waals surface area contributed by atoms with Gasteiger partial charge in [-0.15, -0.1) is 0 Å². The van der Waals surface area contributed by atoms with Crippen LogP contribution in [-0.2, 0) is 13.1 Å². The lowest BCUT2D eigenvalue weighted by molar-refractivity contribution is 0.225. The van der Waals surface area contributed by atoms with Crippen LogP contribution in [-0.4, -0.2) is 24.0 Å². The van der Waals surface area contributed by atoms with E-state index in [4.69, 9.17) is 4.42 Å². The van der Waals surface area contributed by atoms with Gasteiger partial charge in [0.1, 0.15) is 5.76 Å². The van der Waals surface area contributed by atoms with Gasteiger partial charge in [-0.3, -0.25) is 4.90 Å². The second kappa shape index (κ2) is 6.31. The van der Waals surface area contributed by atoms with Gasteiger partial charge in [0, 0.05) is 31.2 Å². The highest BCUT2D eigenvalue weighted by Crippen LogP contribution is 2.34. The van der Waals surface area contributed by atoms with Crippen LogP contribution < -0.4 is 5.32 Å². The number of hydrogen-bond acceptors (Lipinski definition) is 3. The second-order valence-electron chi connectivity index (χ2n) is 7.04. The molecule has 1 aromatic rings. The fraction of sp³-hybridized carbons (Fsp3) is 0.765. The fourth-order valence-corrected chi connectivity index (χ4v) is 2.68. The van der Waals surface area contributed by atoms with Crippen molar-refractivity contribution in [1.29, 1.82) is 0 Å². The zero-order valence-corrected chi connectivity index (χ0v) is 12.9. The third kappa shape index (κ3) is 4.64. The molecular formula is C17H28N2O. The molecule has 0 atom stereocenters. The van der Waals surface area contributed by atoms with Crippen LogP contribution in [0.4, 0.5) is 0 Å². The Kier molecular flexibility index (Phi) is 4.47. The molecule has 3 heteroatoms. The van der Waals surface area contributed by atoms with Crippen LogP contribution in [0.3, 0.4) is 0 Å². The molecule has 1 aromatic heterocycles. The maximum Gasteiger partial charge on any atom is 0.118 e. The van der Waals surface area contributed by atoms with Crippen LogP contribution in [0.2, 0.25) is 0 Å². The Balaban J connectivity index is 1.50. The highest BCUT2D eigenvalue weighted by Gasteiger charge is 2.29. The van der Waals surface area contributed by atoms with E-state index in [1.165, 1.54) is 44.3 Å². The standard InChI is InChI=1S/C17H28N2O/c1-13(2)18-8-16-7-17(20-12-16)11-19(9-14-3-4-14)10-15-5-6-15/h7,12-15,18H,3-6,8-11H2,1-2H3.